The number of hydrogen-bond acceptors (Lipinski definition) is 4. The third-order valence-electron chi connectivity index (χ3n) is 4.20. The molecule has 1 aliphatic heterocycles. The molecule has 2 atom stereocenters. The van der Waals surface area contributed by atoms with Gasteiger partial charge in [0, 0.05) is 19.1 Å². The third-order valence-corrected chi connectivity index (χ3v) is 4.89. The SMILES string of the molecule is CC1C(CNS(C)(=O)=O)CCCN1C(=O)OCc1ccccc1. The van der Waals surface area contributed by atoms with Gasteiger partial charge in [-0.2, -0.15) is 0 Å². The van der Waals surface area contributed by atoms with Crippen molar-refractivity contribution in [3.8, 4) is 0 Å². The molecule has 0 radical (unpaired) electrons. The van der Waals surface area contributed by atoms with Crippen molar-refractivity contribution in [3.63, 3.8) is 0 Å². The summed E-state index contributed by atoms with van der Waals surface area (Å²) in [5.41, 5.74) is 0.945. The molecule has 23 heavy (non-hydrogen) atoms. The molecule has 0 saturated carbocycles. The molecule has 1 saturated heterocycles. The first-order chi connectivity index (χ1) is 10.9. The summed E-state index contributed by atoms with van der Waals surface area (Å²) in [6.45, 7) is 3.18. The first-order valence-corrected chi connectivity index (χ1v) is 9.68. The smallest absolute Gasteiger partial charge is 0.410 e. The molecule has 1 fully saturated rings. The van der Waals surface area contributed by atoms with Gasteiger partial charge in [0.15, 0.2) is 0 Å². The highest BCUT2D eigenvalue weighted by atomic mass is 32.2. The second-order valence-electron chi connectivity index (χ2n) is 6.00. The minimum absolute atomic E-state index is 0.0544. The van der Waals surface area contributed by atoms with Crippen LogP contribution in [-0.4, -0.2) is 44.8 Å². The summed E-state index contributed by atoms with van der Waals surface area (Å²) in [5.74, 6) is 0.0998. The van der Waals surface area contributed by atoms with Crippen LogP contribution in [0.5, 0.6) is 0 Å². The minimum Gasteiger partial charge on any atom is -0.445 e. The second-order valence-corrected chi connectivity index (χ2v) is 7.83. The Balaban J connectivity index is 1.89. The van der Waals surface area contributed by atoms with Crippen molar-refractivity contribution in [1.82, 2.24) is 9.62 Å². The van der Waals surface area contributed by atoms with Crippen molar-refractivity contribution >= 4 is 16.1 Å². The van der Waals surface area contributed by atoms with Gasteiger partial charge in [-0.3, -0.25) is 0 Å². The van der Waals surface area contributed by atoms with E-state index >= 15 is 0 Å². The van der Waals surface area contributed by atoms with Crippen LogP contribution in [0.25, 0.3) is 0 Å². The van der Waals surface area contributed by atoms with Crippen LogP contribution in [0.3, 0.4) is 0 Å². The number of rotatable bonds is 5. The van der Waals surface area contributed by atoms with Gasteiger partial charge in [0.1, 0.15) is 6.61 Å². The number of nitrogens with one attached hydrogen (secondary N) is 1. The average molecular weight is 340 g/mol. The van der Waals surface area contributed by atoms with Gasteiger partial charge in [-0.25, -0.2) is 17.9 Å². The minimum atomic E-state index is -3.22. The van der Waals surface area contributed by atoms with E-state index in [0.29, 0.717) is 13.1 Å². The highest BCUT2D eigenvalue weighted by Gasteiger charge is 2.32. The molecular weight excluding hydrogens is 316 g/mol. The highest BCUT2D eigenvalue weighted by molar-refractivity contribution is 7.88. The Morgan fingerprint density at radius 1 is 1.35 bits per heavy atom. The number of piperidine rings is 1. The van der Waals surface area contributed by atoms with Crippen LogP contribution in [0, 0.1) is 5.92 Å². The van der Waals surface area contributed by atoms with Crippen molar-refractivity contribution in [1.29, 1.82) is 0 Å². The summed E-state index contributed by atoms with van der Waals surface area (Å²) in [4.78, 5) is 14.0. The molecule has 0 aliphatic carbocycles. The van der Waals surface area contributed by atoms with Crippen molar-refractivity contribution in [2.24, 2.45) is 5.92 Å². The van der Waals surface area contributed by atoms with Crippen LogP contribution in [0.15, 0.2) is 30.3 Å². The van der Waals surface area contributed by atoms with Crippen molar-refractivity contribution in [3.05, 3.63) is 35.9 Å². The zero-order chi connectivity index (χ0) is 16.9. The molecule has 1 aromatic carbocycles. The van der Waals surface area contributed by atoms with Gasteiger partial charge < -0.3 is 9.64 Å². The Kier molecular flexibility index (Phi) is 6.01. The van der Waals surface area contributed by atoms with Crippen molar-refractivity contribution in [2.45, 2.75) is 32.4 Å². The number of ether oxygens (including phenoxy) is 1. The lowest BCUT2D eigenvalue weighted by molar-refractivity contribution is 0.0551. The molecule has 1 heterocycles. The van der Waals surface area contributed by atoms with Gasteiger partial charge >= 0.3 is 6.09 Å². The summed E-state index contributed by atoms with van der Waals surface area (Å²) in [6, 6.07) is 9.48. The maximum atomic E-state index is 12.3. The molecule has 0 bridgehead atoms. The molecule has 2 rings (SSSR count). The molecule has 7 heteroatoms. The maximum Gasteiger partial charge on any atom is 0.410 e. The van der Waals surface area contributed by atoms with E-state index in [1.165, 1.54) is 0 Å². The standard InChI is InChI=1S/C16H24N2O4S/c1-13-15(11-17-23(2,20)21)9-6-10-18(13)16(19)22-12-14-7-4-3-5-8-14/h3-5,7-8,13,15,17H,6,9-12H2,1-2H3. The lowest BCUT2D eigenvalue weighted by Crippen LogP contribution is -2.50. The monoisotopic (exact) mass is 340 g/mol. The molecule has 1 aliphatic rings. The van der Waals surface area contributed by atoms with Gasteiger partial charge in [-0.05, 0) is 31.2 Å². The quantitative estimate of drug-likeness (QED) is 0.889. The van der Waals surface area contributed by atoms with Crippen LogP contribution >= 0.6 is 0 Å². The van der Waals surface area contributed by atoms with Crippen molar-refractivity contribution in [2.75, 3.05) is 19.3 Å². The largest absolute Gasteiger partial charge is 0.445 e. The fourth-order valence-electron chi connectivity index (χ4n) is 2.81. The Hall–Kier alpha value is -1.60. The molecule has 1 aromatic rings. The fraction of sp³-hybridized carbons (Fsp3) is 0.562. The summed E-state index contributed by atoms with van der Waals surface area (Å²) in [7, 11) is -3.22. The molecule has 1 N–H and O–H groups in total. The highest BCUT2D eigenvalue weighted by Crippen LogP contribution is 2.24. The predicted molar refractivity (Wildman–Crippen MR) is 88.4 cm³/mol. The third kappa shape index (κ3) is 5.51. The number of hydrogen-bond donors (Lipinski definition) is 1. The Morgan fingerprint density at radius 2 is 2.04 bits per heavy atom. The number of amides is 1. The predicted octanol–water partition coefficient (Wildman–Crippen LogP) is 1.97. The normalized spacial score (nSPS) is 21.9. The van der Waals surface area contributed by atoms with E-state index in [-0.39, 0.29) is 24.7 Å². The Morgan fingerprint density at radius 3 is 2.70 bits per heavy atom. The molecule has 1 amide bonds. The van der Waals surface area contributed by atoms with Gasteiger partial charge in [-0.1, -0.05) is 30.3 Å². The van der Waals surface area contributed by atoms with Crippen molar-refractivity contribution < 1.29 is 17.9 Å². The van der Waals surface area contributed by atoms with Gasteiger partial charge in [0.25, 0.3) is 0 Å². The van der Waals surface area contributed by atoms with E-state index < -0.39 is 10.0 Å². The number of carbonyl (C=O) groups is 1. The number of carbonyl (C=O) groups excluding carboxylic acids is 1. The van der Waals surface area contributed by atoms with E-state index in [1.807, 2.05) is 37.3 Å². The number of benzene rings is 1. The second kappa shape index (κ2) is 7.79. The molecule has 6 nitrogen and oxygen atoms in total. The first kappa shape index (κ1) is 17.7. The summed E-state index contributed by atoms with van der Waals surface area (Å²) >= 11 is 0. The lowest BCUT2D eigenvalue weighted by atomic mass is 9.91. The van der Waals surface area contributed by atoms with Gasteiger partial charge in [0.2, 0.25) is 10.0 Å². The van der Waals surface area contributed by atoms with E-state index in [9.17, 15) is 13.2 Å². The molecule has 128 valence electrons. The van der Waals surface area contributed by atoms with Gasteiger partial charge in [0.05, 0.1) is 6.26 Å². The van der Waals surface area contributed by atoms with Crippen LogP contribution in [-0.2, 0) is 21.4 Å². The number of likely N-dealkylation sites (tertiary alicyclic amines) is 1. The van der Waals surface area contributed by atoms with E-state index in [2.05, 4.69) is 4.72 Å². The summed E-state index contributed by atoms with van der Waals surface area (Å²) in [5, 5.41) is 0. The van der Waals surface area contributed by atoms with Crippen LogP contribution in [0.2, 0.25) is 0 Å². The van der Waals surface area contributed by atoms with Crippen LogP contribution in [0.4, 0.5) is 4.79 Å². The number of nitrogens with zero attached hydrogens (tertiary/aromatic N) is 1. The average Bonchev–Trinajstić information content (AvgIpc) is 2.52. The van der Waals surface area contributed by atoms with Crippen LogP contribution in [0.1, 0.15) is 25.3 Å². The zero-order valence-electron chi connectivity index (χ0n) is 13.6. The summed E-state index contributed by atoms with van der Waals surface area (Å²) < 4.78 is 30.4. The molecule has 0 aromatic heterocycles. The fourth-order valence-corrected chi connectivity index (χ4v) is 3.33. The Labute approximate surface area is 137 Å². The van der Waals surface area contributed by atoms with E-state index in [4.69, 9.17) is 4.74 Å². The van der Waals surface area contributed by atoms with E-state index in [0.717, 1.165) is 24.7 Å². The molecule has 0 spiro atoms. The zero-order valence-corrected chi connectivity index (χ0v) is 14.4. The van der Waals surface area contributed by atoms with Gasteiger partial charge in [-0.15, -0.1) is 0 Å². The van der Waals surface area contributed by atoms with Crippen LogP contribution < -0.4 is 4.72 Å². The molecule has 2 unspecified atom stereocenters. The maximum absolute atomic E-state index is 12.3. The molecular formula is C16H24N2O4S. The Bertz CT molecular complexity index is 618. The first-order valence-electron chi connectivity index (χ1n) is 7.79. The van der Waals surface area contributed by atoms with E-state index in [1.54, 1.807) is 4.90 Å². The lowest BCUT2D eigenvalue weighted by Gasteiger charge is -2.38. The topological polar surface area (TPSA) is 75.7 Å². The summed E-state index contributed by atoms with van der Waals surface area (Å²) in [6.07, 6.45) is 2.55. The number of sulfonamides is 1.